The van der Waals surface area contributed by atoms with Gasteiger partial charge in [0.1, 0.15) is 17.7 Å². The highest BCUT2D eigenvalue weighted by molar-refractivity contribution is 5.48. The van der Waals surface area contributed by atoms with Gasteiger partial charge in [-0.25, -0.2) is 4.98 Å². The van der Waals surface area contributed by atoms with E-state index in [9.17, 15) is 0 Å². The molecule has 4 heteroatoms. The zero-order valence-corrected chi connectivity index (χ0v) is 10.0. The molecule has 2 atom stereocenters. The normalized spacial score (nSPS) is 24.0. The molecule has 1 heterocycles. The van der Waals surface area contributed by atoms with Gasteiger partial charge < -0.3 is 10.5 Å². The maximum absolute atomic E-state index is 9.01. The van der Waals surface area contributed by atoms with Crippen molar-refractivity contribution in [3.05, 3.63) is 17.8 Å². The van der Waals surface area contributed by atoms with E-state index in [0.29, 0.717) is 23.0 Å². The van der Waals surface area contributed by atoms with Crippen LogP contribution >= 0.6 is 0 Å². The number of rotatable bonds is 2. The second kappa shape index (κ2) is 5.05. The predicted molar refractivity (Wildman–Crippen MR) is 65.4 cm³/mol. The summed E-state index contributed by atoms with van der Waals surface area (Å²) < 4.78 is 5.86. The largest absolute Gasteiger partial charge is 0.473 e. The molecule has 0 aromatic carbocycles. The van der Waals surface area contributed by atoms with Crippen molar-refractivity contribution < 1.29 is 4.74 Å². The molecule has 4 nitrogen and oxygen atoms in total. The Bertz CT molecular complexity index is 439. The summed E-state index contributed by atoms with van der Waals surface area (Å²) in [5.74, 6) is 0.940. The summed E-state index contributed by atoms with van der Waals surface area (Å²) >= 11 is 0. The second-order valence-corrected chi connectivity index (χ2v) is 4.65. The Kier molecular flexibility index (Phi) is 3.48. The van der Waals surface area contributed by atoms with Crippen LogP contribution in [0.4, 0.5) is 5.69 Å². The molecule has 2 unspecified atom stereocenters. The van der Waals surface area contributed by atoms with Crippen molar-refractivity contribution in [2.75, 3.05) is 5.73 Å². The molecule has 1 aromatic rings. The molecule has 1 aliphatic rings. The van der Waals surface area contributed by atoms with Crippen LogP contribution in [0.2, 0.25) is 0 Å². The van der Waals surface area contributed by atoms with Gasteiger partial charge in [-0.2, -0.15) is 5.26 Å². The fourth-order valence-corrected chi connectivity index (χ4v) is 2.24. The van der Waals surface area contributed by atoms with E-state index in [1.807, 2.05) is 0 Å². The minimum absolute atomic E-state index is 0.173. The summed E-state index contributed by atoms with van der Waals surface area (Å²) in [4.78, 5) is 4.11. The van der Waals surface area contributed by atoms with Gasteiger partial charge in [-0.1, -0.05) is 13.3 Å². The predicted octanol–water partition coefficient (Wildman–Crippen LogP) is 2.49. The van der Waals surface area contributed by atoms with E-state index in [1.54, 1.807) is 6.07 Å². The number of anilines is 1. The van der Waals surface area contributed by atoms with Crippen LogP contribution in [0.1, 0.15) is 38.2 Å². The molecular weight excluding hydrogens is 214 g/mol. The monoisotopic (exact) mass is 231 g/mol. The number of nitrogens with zero attached hydrogens (tertiary/aromatic N) is 2. The molecule has 2 N–H and O–H groups in total. The van der Waals surface area contributed by atoms with Gasteiger partial charge in [0.15, 0.2) is 0 Å². The highest BCUT2D eigenvalue weighted by Gasteiger charge is 2.24. The SMILES string of the molecule is CC1CCCCC1Oc1ncc(N)cc1C#N. The quantitative estimate of drug-likeness (QED) is 0.848. The Labute approximate surface area is 101 Å². The van der Waals surface area contributed by atoms with Gasteiger partial charge in [-0.05, 0) is 31.2 Å². The average Bonchev–Trinajstić information content (AvgIpc) is 2.34. The third-order valence-corrected chi connectivity index (χ3v) is 3.29. The molecule has 0 radical (unpaired) electrons. The van der Waals surface area contributed by atoms with Gasteiger partial charge >= 0.3 is 0 Å². The summed E-state index contributed by atoms with van der Waals surface area (Å²) in [5, 5.41) is 9.01. The lowest BCUT2D eigenvalue weighted by Gasteiger charge is -2.29. The van der Waals surface area contributed by atoms with Crippen LogP contribution in [-0.4, -0.2) is 11.1 Å². The molecule has 1 aromatic heterocycles. The molecule has 90 valence electrons. The van der Waals surface area contributed by atoms with Crippen molar-refractivity contribution in [2.24, 2.45) is 5.92 Å². The first-order chi connectivity index (χ1) is 8.20. The van der Waals surface area contributed by atoms with Crippen LogP contribution in [0.15, 0.2) is 12.3 Å². The number of hydrogen-bond acceptors (Lipinski definition) is 4. The lowest BCUT2D eigenvalue weighted by atomic mass is 9.88. The first-order valence-electron chi connectivity index (χ1n) is 6.03. The van der Waals surface area contributed by atoms with Crippen molar-refractivity contribution in [1.29, 1.82) is 5.26 Å². The minimum Gasteiger partial charge on any atom is -0.473 e. The summed E-state index contributed by atoms with van der Waals surface area (Å²) in [6.45, 7) is 2.19. The smallest absolute Gasteiger partial charge is 0.232 e. The maximum atomic E-state index is 9.01. The van der Waals surface area contributed by atoms with Crippen molar-refractivity contribution in [3.8, 4) is 11.9 Å². The van der Waals surface area contributed by atoms with Crippen LogP contribution in [0.25, 0.3) is 0 Å². The molecule has 0 amide bonds. The van der Waals surface area contributed by atoms with Crippen LogP contribution in [0.3, 0.4) is 0 Å². The number of nitrogens with two attached hydrogens (primary N) is 1. The van der Waals surface area contributed by atoms with Crippen molar-refractivity contribution >= 4 is 5.69 Å². The highest BCUT2D eigenvalue weighted by Crippen LogP contribution is 2.28. The molecule has 1 saturated carbocycles. The molecule has 0 aliphatic heterocycles. The van der Waals surface area contributed by atoms with Gasteiger partial charge in [-0.3, -0.25) is 0 Å². The molecule has 0 spiro atoms. The van der Waals surface area contributed by atoms with E-state index in [2.05, 4.69) is 18.0 Å². The summed E-state index contributed by atoms with van der Waals surface area (Å²) in [5.41, 5.74) is 6.50. The fraction of sp³-hybridized carbons (Fsp3) is 0.538. The first kappa shape index (κ1) is 11.7. The van der Waals surface area contributed by atoms with Gasteiger partial charge in [0.2, 0.25) is 5.88 Å². The van der Waals surface area contributed by atoms with Gasteiger partial charge in [0, 0.05) is 0 Å². The molecule has 1 aliphatic carbocycles. The topological polar surface area (TPSA) is 71.9 Å². The number of nitrogen functional groups attached to an aromatic ring is 1. The Balaban J connectivity index is 2.15. The van der Waals surface area contributed by atoms with E-state index in [1.165, 1.54) is 25.5 Å². The van der Waals surface area contributed by atoms with Crippen LogP contribution in [-0.2, 0) is 0 Å². The molecule has 1 fully saturated rings. The van der Waals surface area contributed by atoms with Crippen molar-refractivity contribution in [2.45, 2.75) is 38.7 Å². The number of pyridine rings is 1. The lowest BCUT2D eigenvalue weighted by Crippen LogP contribution is -2.28. The van der Waals surface area contributed by atoms with Crippen LogP contribution < -0.4 is 10.5 Å². The highest BCUT2D eigenvalue weighted by atomic mass is 16.5. The van der Waals surface area contributed by atoms with E-state index in [0.717, 1.165) is 6.42 Å². The molecule has 2 rings (SSSR count). The maximum Gasteiger partial charge on any atom is 0.232 e. The lowest BCUT2D eigenvalue weighted by molar-refractivity contribution is 0.0973. The Morgan fingerprint density at radius 1 is 1.47 bits per heavy atom. The van der Waals surface area contributed by atoms with Crippen molar-refractivity contribution in [1.82, 2.24) is 4.98 Å². The average molecular weight is 231 g/mol. The zero-order chi connectivity index (χ0) is 12.3. The van der Waals surface area contributed by atoms with Gasteiger partial charge in [-0.15, -0.1) is 0 Å². The standard InChI is InChI=1S/C13H17N3O/c1-9-4-2-3-5-12(9)17-13-10(7-14)6-11(15)8-16-13/h6,8-9,12H,2-5,15H2,1H3. The van der Waals surface area contributed by atoms with E-state index < -0.39 is 0 Å². The molecule has 17 heavy (non-hydrogen) atoms. The fourth-order valence-electron chi connectivity index (χ4n) is 2.24. The first-order valence-corrected chi connectivity index (χ1v) is 6.03. The summed E-state index contributed by atoms with van der Waals surface area (Å²) in [6, 6.07) is 3.68. The minimum atomic E-state index is 0.173. The summed E-state index contributed by atoms with van der Waals surface area (Å²) in [7, 11) is 0. The summed E-state index contributed by atoms with van der Waals surface area (Å²) in [6.07, 6.45) is 6.38. The molecule has 0 bridgehead atoms. The number of aromatic nitrogens is 1. The third-order valence-electron chi connectivity index (χ3n) is 3.29. The number of hydrogen-bond donors (Lipinski definition) is 1. The number of ether oxygens (including phenoxy) is 1. The van der Waals surface area contributed by atoms with Crippen LogP contribution in [0, 0.1) is 17.2 Å². The zero-order valence-electron chi connectivity index (χ0n) is 10.0. The van der Waals surface area contributed by atoms with Gasteiger partial charge in [0.25, 0.3) is 0 Å². The second-order valence-electron chi connectivity index (χ2n) is 4.65. The van der Waals surface area contributed by atoms with Crippen molar-refractivity contribution in [3.63, 3.8) is 0 Å². The Morgan fingerprint density at radius 3 is 2.94 bits per heavy atom. The Hall–Kier alpha value is -1.76. The number of nitriles is 1. The van der Waals surface area contributed by atoms with E-state index >= 15 is 0 Å². The van der Waals surface area contributed by atoms with E-state index in [-0.39, 0.29) is 6.10 Å². The van der Waals surface area contributed by atoms with Crippen LogP contribution in [0.5, 0.6) is 5.88 Å². The van der Waals surface area contributed by atoms with Gasteiger partial charge in [0.05, 0.1) is 11.9 Å². The molecule has 0 saturated heterocycles. The third kappa shape index (κ3) is 2.68. The Morgan fingerprint density at radius 2 is 2.24 bits per heavy atom. The van der Waals surface area contributed by atoms with E-state index in [4.69, 9.17) is 15.7 Å². The molecular formula is C13H17N3O.